The first-order valence-corrected chi connectivity index (χ1v) is 5.80. The van der Waals surface area contributed by atoms with Gasteiger partial charge < -0.3 is 0 Å². The predicted molar refractivity (Wildman–Crippen MR) is 62.3 cm³/mol. The number of carbonyl (C=O) groups is 1. The van der Waals surface area contributed by atoms with E-state index in [1.54, 1.807) is 12.1 Å². The molecule has 0 saturated heterocycles. The summed E-state index contributed by atoms with van der Waals surface area (Å²) in [6.45, 7) is 3.43. The Kier molecular flexibility index (Phi) is 5.09. The van der Waals surface area contributed by atoms with E-state index in [4.69, 9.17) is 0 Å². The quantitative estimate of drug-likeness (QED) is 0.691. The highest BCUT2D eigenvalue weighted by molar-refractivity contribution is 5.97. The molecule has 1 aromatic heterocycles. The average Bonchev–Trinajstić information content (AvgIpc) is 2.29. The predicted octanol–water partition coefficient (Wildman–Crippen LogP) is 3.49. The molecule has 0 spiro atoms. The minimum absolute atomic E-state index is 0.115. The van der Waals surface area contributed by atoms with Crippen molar-refractivity contribution in [2.24, 2.45) is 0 Å². The van der Waals surface area contributed by atoms with Gasteiger partial charge in [0.05, 0.1) is 11.4 Å². The number of nitrogens with zero attached hydrogens (tertiary/aromatic N) is 1. The van der Waals surface area contributed by atoms with E-state index in [9.17, 15) is 9.18 Å². The van der Waals surface area contributed by atoms with Crippen molar-refractivity contribution in [1.29, 1.82) is 0 Å². The molecule has 88 valence electrons. The SMILES string of the molecule is CCCC(=O)c1ccc(CF)nc1CCC. The van der Waals surface area contributed by atoms with E-state index < -0.39 is 6.67 Å². The number of hydrogen-bond acceptors (Lipinski definition) is 2. The number of ketones is 1. The van der Waals surface area contributed by atoms with Crippen LogP contribution in [0.25, 0.3) is 0 Å². The summed E-state index contributed by atoms with van der Waals surface area (Å²) in [5, 5.41) is 0. The van der Waals surface area contributed by atoms with Crippen LogP contribution in [0.2, 0.25) is 0 Å². The van der Waals surface area contributed by atoms with E-state index in [0.29, 0.717) is 17.7 Å². The molecule has 0 aromatic carbocycles. The van der Waals surface area contributed by atoms with Crippen molar-refractivity contribution in [3.05, 3.63) is 29.1 Å². The standard InChI is InChI=1S/C13H18FNO/c1-3-5-12-11(13(16)6-4-2)8-7-10(9-14)15-12/h7-8H,3-6,9H2,1-2H3. The highest BCUT2D eigenvalue weighted by atomic mass is 19.1. The smallest absolute Gasteiger partial charge is 0.164 e. The van der Waals surface area contributed by atoms with E-state index >= 15 is 0 Å². The van der Waals surface area contributed by atoms with Gasteiger partial charge in [-0.3, -0.25) is 9.78 Å². The molecular formula is C13H18FNO. The zero-order valence-electron chi connectivity index (χ0n) is 9.92. The Morgan fingerprint density at radius 2 is 2.06 bits per heavy atom. The first-order valence-electron chi connectivity index (χ1n) is 5.80. The fraction of sp³-hybridized carbons (Fsp3) is 0.538. The van der Waals surface area contributed by atoms with Gasteiger partial charge in [0, 0.05) is 12.0 Å². The van der Waals surface area contributed by atoms with Gasteiger partial charge in [0.1, 0.15) is 6.67 Å². The summed E-state index contributed by atoms with van der Waals surface area (Å²) in [5.41, 5.74) is 1.83. The molecule has 0 saturated carbocycles. The second kappa shape index (κ2) is 6.36. The molecule has 0 bridgehead atoms. The second-order valence-electron chi connectivity index (χ2n) is 3.85. The Morgan fingerprint density at radius 1 is 1.31 bits per heavy atom. The number of halogens is 1. The summed E-state index contributed by atoms with van der Waals surface area (Å²) in [4.78, 5) is 16.0. The topological polar surface area (TPSA) is 30.0 Å². The first-order chi connectivity index (χ1) is 7.72. The van der Waals surface area contributed by atoms with Crippen LogP contribution < -0.4 is 0 Å². The third-order valence-corrected chi connectivity index (χ3v) is 2.43. The highest BCUT2D eigenvalue weighted by Crippen LogP contribution is 2.14. The number of carbonyl (C=O) groups excluding carboxylic acids is 1. The highest BCUT2D eigenvalue weighted by Gasteiger charge is 2.12. The minimum Gasteiger partial charge on any atom is -0.294 e. The molecule has 16 heavy (non-hydrogen) atoms. The van der Waals surface area contributed by atoms with Crippen molar-refractivity contribution in [3.63, 3.8) is 0 Å². The van der Waals surface area contributed by atoms with Gasteiger partial charge in [-0.1, -0.05) is 20.3 Å². The molecule has 1 heterocycles. The van der Waals surface area contributed by atoms with Crippen molar-refractivity contribution in [3.8, 4) is 0 Å². The van der Waals surface area contributed by atoms with Crippen molar-refractivity contribution in [2.45, 2.75) is 46.2 Å². The van der Waals surface area contributed by atoms with Crippen LogP contribution >= 0.6 is 0 Å². The summed E-state index contributed by atoms with van der Waals surface area (Å²) in [6, 6.07) is 3.31. The third-order valence-electron chi connectivity index (χ3n) is 2.43. The van der Waals surface area contributed by atoms with Gasteiger partial charge in [0.15, 0.2) is 5.78 Å². The Bertz CT molecular complexity index is 363. The van der Waals surface area contributed by atoms with E-state index in [-0.39, 0.29) is 5.78 Å². The van der Waals surface area contributed by atoms with Gasteiger partial charge in [-0.2, -0.15) is 0 Å². The number of alkyl halides is 1. The minimum atomic E-state index is -0.570. The lowest BCUT2D eigenvalue weighted by Gasteiger charge is -2.07. The molecule has 0 aliphatic carbocycles. The molecule has 0 amide bonds. The number of pyridine rings is 1. The lowest BCUT2D eigenvalue weighted by atomic mass is 10.0. The molecular weight excluding hydrogens is 205 g/mol. The Labute approximate surface area is 95.9 Å². The first kappa shape index (κ1) is 12.8. The van der Waals surface area contributed by atoms with Crippen molar-refractivity contribution in [1.82, 2.24) is 4.98 Å². The second-order valence-corrected chi connectivity index (χ2v) is 3.85. The zero-order chi connectivity index (χ0) is 12.0. The monoisotopic (exact) mass is 223 g/mol. The molecule has 0 atom stereocenters. The van der Waals surface area contributed by atoms with Gasteiger partial charge in [0.2, 0.25) is 0 Å². The van der Waals surface area contributed by atoms with E-state index in [2.05, 4.69) is 4.98 Å². The molecule has 2 nitrogen and oxygen atoms in total. The molecule has 1 rings (SSSR count). The maximum absolute atomic E-state index is 12.5. The number of hydrogen-bond donors (Lipinski definition) is 0. The molecule has 0 aliphatic rings. The van der Waals surface area contributed by atoms with Crippen LogP contribution in [0.4, 0.5) is 4.39 Å². The van der Waals surface area contributed by atoms with E-state index in [1.807, 2.05) is 13.8 Å². The van der Waals surface area contributed by atoms with Crippen molar-refractivity contribution < 1.29 is 9.18 Å². The zero-order valence-corrected chi connectivity index (χ0v) is 9.92. The number of Topliss-reactive ketones (excluding diaryl/α,β-unsaturated/α-hetero) is 1. The van der Waals surface area contributed by atoms with Gasteiger partial charge >= 0.3 is 0 Å². The Balaban J connectivity index is 3.01. The number of aryl methyl sites for hydroxylation is 1. The Hall–Kier alpha value is -1.25. The Morgan fingerprint density at radius 3 is 2.62 bits per heavy atom. The summed E-state index contributed by atoms with van der Waals surface area (Å²) in [7, 11) is 0. The lowest BCUT2D eigenvalue weighted by Crippen LogP contribution is -2.07. The summed E-state index contributed by atoms with van der Waals surface area (Å²) in [6.07, 6.45) is 3.01. The fourth-order valence-electron chi connectivity index (χ4n) is 1.66. The molecule has 1 aromatic rings. The van der Waals surface area contributed by atoms with Crippen molar-refractivity contribution in [2.75, 3.05) is 0 Å². The van der Waals surface area contributed by atoms with Crippen molar-refractivity contribution >= 4 is 5.78 Å². The fourth-order valence-corrected chi connectivity index (χ4v) is 1.66. The van der Waals surface area contributed by atoms with Gasteiger partial charge in [0.25, 0.3) is 0 Å². The third kappa shape index (κ3) is 3.12. The van der Waals surface area contributed by atoms with Gasteiger partial charge in [-0.15, -0.1) is 0 Å². The van der Waals surface area contributed by atoms with Crippen LogP contribution in [-0.2, 0) is 13.1 Å². The van der Waals surface area contributed by atoms with Crippen LogP contribution in [0.5, 0.6) is 0 Å². The van der Waals surface area contributed by atoms with Gasteiger partial charge in [-0.05, 0) is 25.0 Å². The molecule has 0 unspecified atom stereocenters. The van der Waals surface area contributed by atoms with Crippen LogP contribution in [0, 0.1) is 0 Å². The van der Waals surface area contributed by atoms with Gasteiger partial charge in [-0.25, -0.2) is 4.39 Å². The molecule has 0 aliphatic heterocycles. The van der Waals surface area contributed by atoms with Crippen LogP contribution in [0.3, 0.4) is 0 Å². The molecule has 0 fully saturated rings. The van der Waals surface area contributed by atoms with Crippen LogP contribution in [0.1, 0.15) is 54.9 Å². The van der Waals surface area contributed by atoms with Crippen LogP contribution in [-0.4, -0.2) is 10.8 Å². The average molecular weight is 223 g/mol. The number of aromatic nitrogens is 1. The molecule has 0 radical (unpaired) electrons. The maximum atomic E-state index is 12.5. The maximum Gasteiger partial charge on any atom is 0.164 e. The molecule has 3 heteroatoms. The lowest BCUT2D eigenvalue weighted by molar-refractivity contribution is 0.0980. The molecule has 0 N–H and O–H groups in total. The summed E-state index contributed by atoms with van der Waals surface area (Å²) < 4.78 is 12.5. The normalized spacial score (nSPS) is 10.4. The summed E-state index contributed by atoms with van der Waals surface area (Å²) in [5.74, 6) is 0.115. The summed E-state index contributed by atoms with van der Waals surface area (Å²) >= 11 is 0. The number of rotatable bonds is 6. The van der Waals surface area contributed by atoms with E-state index in [1.165, 1.54) is 0 Å². The van der Waals surface area contributed by atoms with E-state index in [0.717, 1.165) is 25.0 Å². The largest absolute Gasteiger partial charge is 0.294 e. The van der Waals surface area contributed by atoms with Crippen LogP contribution in [0.15, 0.2) is 12.1 Å².